The number of hydrogen-bond donors (Lipinski definition) is 0. The van der Waals surface area contributed by atoms with Gasteiger partial charge in [-0.2, -0.15) is 0 Å². The molecule has 2 atom stereocenters. The molecule has 1 saturated heterocycles. The van der Waals surface area contributed by atoms with E-state index in [0.29, 0.717) is 12.0 Å². The molecule has 21 heavy (non-hydrogen) atoms. The average molecular weight is 283 g/mol. The molecular formula is C20H29N. The molecule has 2 heterocycles. The second-order valence-electron chi connectivity index (χ2n) is 7.34. The minimum absolute atomic E-state index is 0.594. The molecule has 1 nitrogen and oxygen atoms in total. The van der Waals surface area contributed by atoms with Crippen molar-refractivity contribution >= 4 is 0 Å². The summed E-state index contributed by atoms with van der Waals surface area (Å²) in [5.74, 6) is 1.48. The number of hydrogen-bond acceptors (Lipinski definition) is 1. The minimum atomic E-state index is 0.594. The SMILES string of the molecule is C=C1CC2c3cc(CC)ccc3CCN2CC1CC(C)C. The van der Waals surface area contributed by atoms with Gasteiger partial charge in [-0.25, -0.2) is 0 Å². The highest BCUT2D eigenvalue weighted by atomic mass is 15.2. The zero-order chi connectivity index (χ0) is 15.0. The van der Waals surface area contributed by atoms with Crippen LogP contribution in [0.25, 0.3) is 0 Å². The van der Waals surface area contributed by atoms with Crippen LogP contribution in [-0.2, 0) is 12.8 Å². The second kappa shape index (κ2) is 5.96. The van der Waals surface area contributed by atoms with E-state index in [1.165, 1.54) is 37.1 Å². The Kier molecular flexibility index (Phi) is 4.21. The predicted molar refractivity (Wildman–Crippen MR) is 90.5 cm³/mol. The summed E-state index contributed by atoms with van der Waals surface area (Å²) in [5.41, 5.74) is 6.12. The normalized spacial score (nSPS) is 25.8. The highest BCUT2D eigenvalue weighted by Gasteiger charge is 2.35. The lowest BCUT2D eigenvalue weighted by molar-refractivity contribution is 0.124. The van der Waals surface area contributed by atoms with Gasteiger partial charge >= 0.3 is 0 Å². The van der Waals surface area contributed by atoms with E-state index in [2.05, 4.69) is 50.4 Å². The first-order chi connectivity index (χ1) is 10.1. The molecule has 114 valence electrons. The first-order valence-corrected chi connectivity index (χ1v) is 8.62. The van der Waals surface area contributed by atoms with Crippen molar-refractivity contribution < 1.29 is 0 Å². The number of aryl methyl sites for hydroxylation is 1. The Hall–Kier alpha value is -1.08. The fourth-order valence-corrected chi connectivity index (χ4v) is 4.11. The molecule has 2 aliphatic heterocycles. The van der Waals surface area contributed by atoms with Crippen molar-refractivity contribution in [1.82, 2.24) is 4.90 Å². The molecule has 1 aromatic carbocycles. The van der Waals surface area contributed by atoms with Gasteiger partial charge in [0.15, 0.2) is 0 Å². The third kappa shape index (κ3) is 2.94. The van der Waals surface area contributed by atoms with Crippen molar-refractivity contribution in [1.29, 1.82) is 0 Å². The summed E-state index contributed by atoms with van der Waals surface area (Å²) in [6, 6.07) is 7.74. The highest BCUT2D eigenvalue weighted by Crippen LogP contribution is 2.42. The molecule has 2 aliphatic rings. The first-order valence-electron chi connectivity index (χ1n) is 8.62. The Bertz CT molecular complexity index is 529. The fourth-order valence-electron chi connectivity index (χ4n) is 4.11. The van der Waals surface area contributed by atoms with Crippen molar-refractivity contribution in [2.45, 2.75) is 52.5 Å². The molecule has 1 heteroatoms. The standard InChI is InChI=1S/C20H29N/c1-5-16-6-7-17-8-9-21-13-18(10-14(2)3)15(4)11-20(21)19(17)12-16/h6-7,12,14,18,20H,4-5,8-11,13H2,1-3H3. The molecular weight excluding hydrogens is 254 g/mol. The lowest BCUT2D eigenvalue weighted by atomic mass is 9.78. The van der Waals surface area contributed by atoms with Crippen molar-refractivity contribution in [3.8, 4) is 0 Å². The molecule has 0 aliphatic carbocycles. The summed E-state index contributed by atoms with van der Waals surface area (Å²) in [4.78, 5) is 2.73. The lowest BCUT2D eigenvalue weighted by Crippen LogP contribution is -2.43. The summed E-state index contributed by atoms with van der Waals surface area (Å²) in [7, 11) is 0. The Morgan fingerprint density at radius 1 is 1.33 bits per heavy atom. The lowest BCUT2D eigenvalue weighted by Gasteiger charge is -2.45. The van der Waals surface area contributed by atoms with Crippen LogP contribution in [0.15, 0.2) is 30.4 Å². The van der Waals surface area contributed by atoms with Gasteiger partial charge in [0, 0.05) is 19.1 Å². The number of piperidine rings is 1. The molecule has 0 spiro atoms. The van der Waals surface area contributed by atoms with Crippen LogP contribution in [0.4, 0.5) is 0 Å². The predicted octanol–water partition coefficient (Wildman–Crippen LogP) is 4.77. The fraction of sp³-hybridized carbons (Fsp3) is 0.600. The van der Waals surface area contributed by atoms with E-state index in [1.54, 1.807) is 11.1 Å². The number of fused-ring (bicyclic) bond motifs is 3. The van der Waals surface area contributed by atoms with Gasteiger partial charge in [-0.15, -0.1) is 0 Å². The van der Waals surface area contributed by atoms with Gasteiger partial charge < -0.3 is 0 Å². The first kappa shape index (κ1) is 14.8. The zero-order valence-electron chi connectivity index (χ0n) is 13.9. The third-order valence-corrected chi connectivity index (χ3v) is 5.33. The van der Waals surface area contributed by atoms with Crippen LogP contribution in [0.2, 0.25) is 0 Å². The van der Waals surface area contributed by atoms with Gasteiger partial charge in [0.1, 0.15) is 0 Å². The van der Waals surface area contributed by atoms with Crippen LogP contribution in [0.3, 0.4) is 0 Å². The average Bonchev–Trinajstić information content (AvgIpc) is 2.47. The summed E-state index contributed by atoms with van der Waals surface area (Å²) in [5, 5.41) is 0. The number of nitrogens with zero attached hydrogens (tertiary/aromatic N) is 1. The maximum absolute atomic E-state index is 4.43. The molecule has 0 N–H and O–H groups in total. The van der Waals surface area contributed by atoms with Gasteiger partial charge in [0.05, 0.1) is 0 Å². The van der Waals surface area contributed by atoms with E-state index < -0.39 is 0 Å². The van der Waals surface area contributed by atoms with Crippen molar-refractivity contribution in [2.24, 2.45) is 11.8 Å². The molecule has 0 saturated carbocycles. The van der Waals surface area contributed by atoms with E-state index in [9.17, 15) is 0 Å². The third-order valence-electron chi connectivity index (χ3n) is 5.33. The smallest absolute Gasteiger partial charge is 0.0388 e. The molecule has 3 rings (SSSR count). The maximum Gasteiger partial charge on any atom is 0.0388 e. The Labute approximate surface area is 130 Å². The largest absolute Gasteiger partial charge is 0.295 e. The van der Waals surface area contributed by atoms with E-state index >= 15 is 0 Å². The molecule has 0 bridgehead atoms. The molecule has 0 aromatic heterocycles. The monoisotopic (exact) mass is 283 g/mol. The second-order valence-corrected chi connectivity index (χ2v) is 7.34. The zero-order valence-corrected chi connectivity index (χ0v) is 13.9. The van der Waals surface area contributed by atoms with Crippen molar-refractivity contribution in [2.75, 3.05) is 13.1 Å². The van der Waals surface area contributed by atoms with Gasteiger partial charge in [-0.1, -0.05) is 51.1 Å². The summed E-state index contributed by atoms with van der Waals surface area (Å²) in [6.45, 7) is 13.8. The van der Waals surface area contributed by atoms with E-state index in [4.69, 9.17) is 0 Å². The topological polar surface area (TPSA) is 3.24 Å². The van der Waals surface area contributed by atoms with Crippen molar-refractivity contribution in [3.05, 3.63) is 47.0 Å². The van der Waals surface area contributed by atoms with Gasteiger partial charge in [0.25, 0.3) is 0 Å². The maximum atomic E-state index is 4.43. The number of benzene rings is 1. The molecule has 2 unspecified atom stereocenters. The van der Waals surface area contributed by atoms with Crippen LogP contribution in [-0.4, -0.2) is 18.0 Å². The summed E-state index contributed by atoms with van der Waals surface area (Å²) >= 11 is 0. The Morgan fingerprint density at radius 3 is 2.86 bits per heavy atom. The Balaban J connectivity index is 1.84. The molecule has 0 radical (unpaired) electrons. The van der Waals surface area contributed by atoms with Crippen molar-refractivity contribution in [3.63, 3.8) is 0 Å². The molecule has 1 aromatic rings. The van der Waals surface area contributed by atoms with E-state index in [0.717, 1.165) is 18.8 Å². The quantitative estimate of drug-likeness (QED) is 0.722. The van der Waals surface area contributed by atoms with Crippen LogP contribution in [0.5, 0.6) is 0 Å². The molecule has 1 fully saturated rings. The highest BCUT2D eigenvalue weighted by molar-refractivity contribution is 5.38. The van der Waals surface area contributed by atoms with E-state index in [1.807, 2.05) is 0 Å². The Morgan fingerprint density at radius 2 is 2.14 bits per heavy atom. The minimum Gasteiger partial charge on any atom is -0.295 e. The van der Waals surface area contributed by atoms with Gasteiger partial charge in [-0.3, -0.25) is 4.90 Å². The van der Waals surface area contributed by atoms with Gasteiger partial charge in [-0.05, 0) is 54.2 Å². The van der Waals surface area contributed by atoms with Crippen LogP contribution >= 0.6 is 0 Å². The molecule has 0 amide bonds. The van der Waals surface area contributed by atoms with Crippen LogP contribution in [0, 0.1) is 11.8 Å². The summed E-state index contributed by atoms with van der Waals surface area (Å²) in [6.07, 6.45) is 4.81. The number of rotatable bonds is 3. The van der Waals surface area contributed by atoms with Gasteiger partial charge in [0.2, 0.25) is 0 Å². The van der Waals surface area contributed by atoms with E-state index in [-0.39, 0.29) is 0 Å². The summed E-state index contributed by atoms with van der Waals surface area (Å²) < 4.78 is 0. The van der Waals surface area contributed by atoms with Crippen LogP contribution in [0.1, 0.15) is 56.3 Å². The van der Waals surface area contributed by atoms with Crippen LogP contribution < -0.4 is 0 Å².